The maximum absolute atomic E-state index is 14.7. The zero-order valence-electron chi connectivity index (χ0n) is 21.3. The number of aryl methyl sites for hydroxylation is 1. The van der Waals surface area contributed by atoms with E-state index in [4.69, 9.17) is 9.72 Å². The molecule has 0 aliphatic carbocycles. The fourth-order valence-corrected chi connectivity index (χ4v) is 4.25. The SMILES string of the molecule is CC(C)CCn1c(CN2C(=O)C(F)(F)c3ccccc32)nc2cc(CNC(=O)OC(C)(C)C)ccc21. The van der Waals surface area contributed by atoms with Crippen LogP contribution in [-0.4, -0.2) is 27.2 Å². The zero-order chi connectivity index (χ0) is 26.3. The standard InChI is InChI=1S/C27H32F2N4O3/c1-17(2)12-13-32-22-11-10-18(15-30-25(35)36-26(3,4)5)14-20(22)31-23(32)16-33-21-9-7-6-8-19(21)27(28,29)24(33)34/h6-11,14,17H,12-13,15-16H2,1-5H3,(H,30,35). The Morgan fingerprint density at radius 3 is 2.58 bits per heavy atom. The minimum absolute atomic E-state index is 0.0658. The molecular weight excluding hydrogens is 466 g/mol. The summed E-state index contributed by atoms with van der Waals surface area (Å²) in [7, 11) is 0. The molecule has 1 aliphatic rings. The molecule has 0 fully saturated rings. The maximum atomic E-state index is 14.7. The average molecular weight is 499 g/mol. The molecule has 0 radical (unpaired) electrons. The quantitative estimate of drug-likeness (QED) is 0.450. The number of halogens is 2. The van der Waals surface area contributed by atoms with E-state index < -0.39 is 23.5 Å². The summed E-state index contributed by atoms with van der Waals surface area (Å²) in [5.41, 5.74) is 1.66. The van der Waals surface area contributed by atoms with Crippen molar-refractivity contribution in [2.45, 2.75) is 72.2 Å². The van der Waals surface area contributed by atoms with Crippen LogP contribution in [0.4, 0.5) is 19.3 Å². The first-order valence-electron chi connectivity index (χ1n) is 12.1. The first kappa shape index (κ1) is 25.6. The van der Waals surface area contributed by atoms with Gasteiger partial charge in [0, 0.05) is 13.1 Å². The number of amides is 2. The minimum Gasteiger partial charge on any atom is -0.444 e. The molecule has 2 amide bonds. The largest absolute Gasteiger partial charge is 0.444 e. The molecule has 1 aliphatic heterocycles. The van der Waals surface area contributed by atoms with Crippen LogP contribution in [0.3, 0.4) is 0 Å². The summed E-state index contributed by atoms with van der Waals surface area (Å²) in [6.45, 7) is 10.4. The van der Waals surface area contributed by atoms with Crippen LogP contribution in [0.15, 0.2) is 42.5 Å². The summed E-state index contributed by atoms with van der Waals surface area (Å²) in [4.78, 5) is 30.6. The highest BCUT2D eigenvalue weighted by Gasteiger charge is 2.52. The second-order valence-corrected chi connectivity index (χ2v) is 10.5. The van der Waals surface area contributed by atoms with Crippen molar-refractivity contribution in [3.05, 3.63) is 59.4 Å². The number of imidazole rings is 1. The summed E-state index contributed by atoms with van der Waals surface area (Å²) >= 11 is 0. The Balaban J connectivity index is 1.64. The van der Waals surface area contributed by atoms with Gasteiger partial charge in [0.25, 0.3) is 0 Å². The van der Waals surface area contributed by atoms with Crippen LogP contribution >= 0.6 is 0 Å². The van der Waals surface area contributed by atoms with E-state index in [1.54, 1.807) is 26.8 Å². The number of carbonyl (C=O) groups excluding carboxylic acids is 2. The van der Waals surface area contributed by atoms with Crippen molar-refractivity contribution in [1.29, 1.82) is 0 Å². The van der Waals surface area contributed by atoms with Crippen molar-refractivity contribution in [2.75, 3.05) is 4.90 Å². The first-order chi connectivity index (χ1) is 16.9. The van der Waals surface area contributed by atoms with Gasteiger partial charge in [-0.15, -0.1) is 0 Å². The van der Waals surface area contributed by atoms with Gasteiger partial charge >= 0.3 is 17.9 Å². The fraction of sp³-hybridized carbons (Fsp3) is 0.444. The molecule has 0 unspecified atom stereocenters. The molecule has 1 aromatic heterocycles. The summed E-state index contributed by atoms with van der Waals surface area (Å²) in [5.74, 6) is -3.85. The average Bonchev–Trinajstić information content (AvgIpc) is 3.22. The Bertz CT molecular complexity index is 1290. The van der Waals surface area contributed by atoms with Crippen LogP contribution in [0, 0.1) is 5.92 Å². The molecule has 0 spiro atoms. The van der Waals surface area contributed by atoms with Gasteiger partial charge in [-0.05, 0) is 56.9 Å². The number of hydrogen-bond donors (Lipinski definition) is 1. The van der Waals surface area contributed by atoms with Crippen molar-refractivity contribution in [3.8, 4) is 0 Å². The highest BCUT2D eigenvalue weighted by atomic mass is 19.3. The number of rotatable bonds is 7. The molecule has 0 saturated carbocycles. The first-order valence-corrected chi connectivity index (χ1v) is 12.1. The van der Waals surface area contributed by atoms with Gasteiger partial charge in [0.1, 0.15) is 11.4 Å². The lowest BCUT2D eigenvalue weighted by Crippen LogP contribution is -2.35. The van der Waals surface area contributed by atoms with Crippen LogP contribution in [0.5, 0.6) is 0 Å². The van der Waals surface area contributed by atoms with E-state index in [0.29, 0.717) is 23.8 Å². The van der Waals surface area contributed by atoms with Gasteiger partial charge in [-0.2, -0.15) is 8.78 Å². The molecule has 9 heteroatoms. The van der Waals surface area contributed by atoms with Crippen LogP contribution in [0.1, 0.15) is 58.0 Å². The highest BCUT2D eigenvalue weighted by Crippen LogP contribution is 2.44. The molecule has 2 heterocycles. The smallest absolute Gasteiger partial charge is 0.407 e. The molecule has 7 nitrogen and oxygen atoms in total. The second kappa shape index (κ2) is 9.52. The van der Waals surface area contributed by atoms with Gasteiger partial charge < -0.3 is 14.6 Å². The van der Waals surface area contributed by atoms with E-state index in [2.05, 4.69) is 19.2 Å². The maximum Gasteiger partial charge on any atom is 0.407 e. The van der Waals surface area contributed by atoms with Crippen LogP contribution in [0.25, 0.3) is 11.0 Å². The van der Waals surface area contributed by atoms with E-state index in [1.165, 1.54) is 18.2 Å². The van der Waals surface area contributed by atoms with Crippen LogP contribution in [0.2, 0.25) is 0 Å². The Hall–Kier alpha value is -3.49. The molecule has 1 N–H and O–H groups in total. The molecule has 36 heavy (non-hydrogen) atoms. The Morgan fingerprint density at radius 2 is 1.89 bits per heavy atom. The number of nitrogens with one attached hydrogen (secondary N) is 1. The summed E-state index contributed by atoms with van der Waals surface area (Å²) < 4.78 is 36.6. The lowest BCUT2D eigenvalue weighted by atomic mass is 10.1. The number of para-hydroxylation sites is 1. The lowest BCUT2D eigenvalue weighted by molar-refractivity contribution is -0.141. The number of aromatic nitrogens is 2. The number of benzene rings is 2. The summed E-state index contributed by atoms with van der Waals surface area (Å²) in [6.07, 6.45) is 0.346. The third-order valence-electron chi connectivity index (χ3n) is 6.00. The molecule has 3 aromatic rings. The van der Waals surface area contributed by atoms with Gasteiger partial charge in [-0.1, -0.05) is 38.1 Å². The normalized spacial score (nSPS) is 15.0. The van der Waals surface area contributed by atoms with Gasteiger partial charge in [-0.25, -0.2) is 9.78 Å². The van der Waals surface area contributed by atoms with Crippen LogP contribution < -0.4 is 10.2 Å². The number of carbonyl (C=O) groups is 2. The van der Waals surface area contributed by atoms with Gasteiger partial charge in [0.2, 0.25) is 0 Å². The summed E-state index contributed by atoms with van der Waals surface area (Å²) in [6, 6.07) is 11.6. The predicted molar refractivity (Wildman–Crippen MR) is 134 cm³/mol. The Labute approximate surface area is 209 Å². The number of nitrogens with zero attached hydrogens (tertiary/aromatic N) is 3. The van der Waals surface area contributed by atoms with E-state index in [0.717, 1.165) is 22.4 Å². The third-order valence-corrected chi connectivity index (χ3v) is 6.00. The van der Waals surface area contributed by atoms with Gasteiger partial charge in [0.15, 0.2) is 0 Å². The van der Waals surface area contributed by atoms with Crippen molar-refractivity contribution in [2.24, 2.45) is 5.92 Å². The Morgan fingerprint density at radius 1 is 1.17 bits per heavy atom. The minimum atomic E-state index is -3.56. The molecule has 0 bridgehead atoms. The number of ether oxygens (including phenoxy) is 1. The molecule has 0 atom stereocenters. The molecule has 0 saturated heterocycles. The predicted octanol–water partition coefficient (Wildman–Crippen LogP) is 5.75. The number of fused-ring (bicyclic) bond motifs is 2. The topological polar surface area (TPSA) is 76.5 Å². The van der Waals surface area contributed by atoms with Crippen LogP contribution in [-0.2, 0) is 35.1 Å². The number of anilines is 1. The fourth-order valence-electron chi connectivity index (χ4n) is 4.25. The van der Waals surface area contributed by atoms with Gasteiger partial charge in [-0.3, -0.25) is 9.69 Å². The monoisotopic (exact) mass is 498 g/mol. The van der Waals surface area contributed by atoms with Crippen molar-refractivity contribution in [3.63, 3.8) is 0 Å². The van der Waals surface area contributed by atoms with E-state index in [9.17, 15) is 18.4 Å². The number of alkyl carbamates (subject to hydrolysis) is 1. The highest BCUT2D eigenvalue weighted by molar-refractivity contribution is 6.05. The molecule has 192 valence electrons. The van der Waals surface area contributed by atoms with E-state index in [-0.39, 0.29) is 24.3 Å². The van der Waals surface area contributed by atoms with E-state index >= 15 is 0 Å². The Kier molecular flexibility index (Phi) is 6.77. The molecule has 4 rings (SSSR count). The van der Waals surface area contributed by atoms with Crippen molar-refractivity contribution < 1.29 is 23.1 Å². The number of alkyl halides is 2. The number of hydrogen-bond acceptors (Lipinski definition) is 4. The second-order valence-electron chi connectivity index (χ2n) is 10.5. The summed E-state index contributed by atoms with van der Waals surface area (Å²) in [5, 5.41) is 2.73. The zero-order valence-corrected chi connectivity index (χ0v) is 21.3. The van der Waals surface area contributed by atoms with Crippen molar-refractivity contribution >= 4 is 28.7 Å². The lowest BCUT2D eigenvalue weighted by Gasteiger charge is -2.19. The molecule has 2 aromatic carbocycles. The van der Waals surface area contributed by atoms with Crippen molar-refractivity contribution in [1.82, 2.24) is 14.9 Å². The third kappa shape index (κ3) is 5.20. The van der Waals surface area contributed by atoms with E-state index in [1.807, 2.05) is 22.8 Å². The van der Waals surface area contributed by atoms with Gasteiger partial charge in [0.05, 0.1) is 28.8 Å². The molecular formula is C27H32F2N4O3.